The normalized spacial score (nSPS) is 12.2. The molecule has 1 aromatic carbocycles. The third-order valence-corrected chi connectivity index (χ3v) is 3.08. The second kappa shape index (κ2) is 3.97. The number of nitrogens with zero attached hydrogens (tertiary/aromatic N) is 1. The Morgan fingerprint density at radius 3 is 2.53 bits per heavy atom. The van der Waals surface area contributed by atoms with Crippen molar-refractivity contribution >= 4 is 20.9 Å². The maximum absolute atomic E-state index is 12.1. The van der Waals surface area contributed by atoms with E-state index >= 15 is 0 Å². The van der Waals surface area contributed by atoms with Crippen molar-refractivity contribution in [2.75, 3.05) is 0 Å². The van der Waals surface area contributed by atoms with E-state index < -0.39 is 16.6 Å². The Balaban J connectivity index is 2.71. The molecular formula is C9H8F2N2O3S. The SMILES string of the molecule is NS(=O)(=O)c1cn(OC(F)F)c2ccccc12. The molecule has 0 saturated heterocycles. The summed E-state index contributed by atoms with van der Waals surface area (Å²) in [5.74, 6) is 0. The Morgan fingerprint density at radius 1 is 1.29 bits per heavy atom. The zero-order chi connectivity index (χ0) is 12.6. The summed E-state index contributed by atoms with van der Waals surface area (Å²) in [4.78, 5) is 3.91. The van der Waals surface area contributed by atoms with Gasteiger partial charge in [-0.05, 0) is 6.07 Å². The van der Waals surface area contributed by atoms with Crippen molar-refractivity contribution in [1.82, 2.24) is 4.73 Å². The van der Waals surface area contributed by atoms with Crippen LogP contribution in [0.5, 0.6) is 0 Å². The lowest BCUT2D eigenvalue weighted by Crippen LogP contribution is -2.16. The number of hydrogen-bond donors (Lipinski definition) is 1. The molecule has 92 valence electrons. The van der Waals surface area contributed by atoms with E-state index in [-0.39, 0.29) is 15.8 Å². The smallest absolute Gasteiger partial charge is 0.344 e. The van der Waals surface area contributed by atoms with Gasteiger partial charge in [-0.3, -0.25) is 0 Å². The predicted octanol–water partition coefficient (Wildman–Crippen LogP) is 0.940. The van der Waals surface area contributed by atoms with Crippen LogP contribution < -0.4 is 9.98 Å². The van der Waals surface area contributed by atoms with E-state index in [1.165, 1.54) is 12.1 Å². The molecular weight excluding hydrogens is 254 g/mol. The quantitative estimate of drug-likeness (QED) is 0.894. The molecule has 5 nitrogen and oxygen atoms in total. The molecule has 2 rings (SSSR count). The van der Waals surface area contributed by atoms with Crippen LogP contribution in [0.1, 0.15) is 0 Å². The van der Waals surface area contributed by atoms with Gasteiger partial charge in [0.2, 0.25) is 10.0 Å². The first-order valence-electron chi connectivity index (χ1n) is 4.48. The number of aromatic nitrogens is 1. The summed E-state index contributed by atoms with van der Waals surface area (Å²) in [5.41, 5.74) is 0.205. The molecule has 1 heterocycles. The number of sulfonamides is 1. The van der Waals surface area contributed by atoms with E-state index in [4.69, 9.17) is 5.14 Å². The van der Waals surface area contributed by atoms with Crippen molar-refractivity contribution in [1.29, 1.82) is 0 Å². The Kier molecular flexibility index (Phi) is 2.76. The molecule has 0 saturated carbocycles. The fraction of sp³-hybridized carbons (Fsp3) is 0.111. The van der Waals surface area contributed by atoms with E-state index in [9.17, 15) is 17.2 Å². The molecule has 0 aliphatic rings. The van der Waals surface area contributed by atoms with Crippen molar-refractivity contribution in [3.05, 3.63) is 30.5 Å². The molecule has 17 heavy (non-hydrogen) atoms. The van der Waals surface area contributed by atoms with E-state index in [1.54, 1.807) is 12.1 Å². The van der Waals surface area contributed by atoms with Crippen LogP contribution in [-0.4, -0.2) is 19.8 Å². The minimum absolute atomic E-state index is 0.205. The Labute approximate surface area is 95.4 Å². The highest BCUT2D eigenvalue weighted by molar-refractivity contribution is 7.89. The van der Waals surface area contributed by atoms with Crippen LogP contribution >= 0.6 is 0 Å². The lowest BCUT2D eigenvalue weighted by molar-refractivity contribution is -0.128. The van der Waals surface area contributed by atoms with Gasteiger partial charge in [-0.15, -0.1) is 0 Å². The lowest BCUT2D eigenvalue weighted by Gasteiger charge is -2.05. The van der Waals surface area contributed by atoms with Crippen LogP contribution in [-0.2, 0) is 10.0 Å². The van der Waals surface area contributed by atoms with Crippen molar-refractivity contribution in [3.63, 3.8) is 0 Å². The lowest BCUT2D eigenvalue weighted by atomic mass is 10.2. The van der Waals surface area contributed by atoms with Crippen molar-refractivity contribution in [2.45, 2.75) is 11.5 Å². The fourth-order valence-electron chi connectivity index (χ4n) is 1.52. The number of para-hydroxylation sites is 1. The molecule has 0 radical (unpaired) electrons. The fourth-order valence-corrected chi connectivity index (χ4v) is 2.24. The Bertz CT molecular complexity index is 651. The number of hydrogen-bond acceptors (Lipinski definition) is 3. The number of rotatable bonds is 3. The third kappa shape index (κ3) is 2.22. The Hall–Kier alpha value is -1.67. The first kappa shape index (κ1) is 11.8. The van der Waals surface area contributed by atoms with E-state index in [2.05, 4.69) is 4.84 Å². The van der Waals surface area contributed by atoms with E-state index in [1.807, 2.05) is 0 Å². The molecule has 0 unspecified atom stereocenters. The van der Waals surface area contributed by atoms with Gasteiger partial charge in [-0.25, -0.2) is 13.6 Å². The molecule has 0 amide bonds. The number of alkyl halides is 2. The number of halogens is 2. The van der Waals surface area contributed by atoms with Gasteiger partial charge in [0.1, 0.15) is 4.90 Å². The minimum atomic E-state index is -3.99. The van der Waals surface area contributed by atoms with Gasteiger partial charge in [0, 0.05) is 5.39 Å². The molecule has 0 spiro atoms. The molecule has 1 aromatic heterocycles. The summed E-state index contributed by atoms with van der Waals surface area (Å²) in [6, 6.07) is 6.05. The second-order valence-corrected chi connectivity index (χ2v) is 4.78. The predicted molar refractivity (Wildman–Crippen MR) is 55.9 cm³/mol. The molecule has 8 heteroatoms. The van der Waals surface area contributed by atoms with Crippen molar-refractivity contribution < 1.29 is 22.0 Å². The zero-order valence-corrected chi connectivity index (χ0v) is 9.19. The van der Waals surface area contributed by atoms with Crippen LogP contribution in [0.25, 0.3) is 10.9 Å². The summed E-state index contributed by atoms with van der Waals surface area (Å²) >= 11 is 0. The number of nitrogens with two attached hydrogens (primary N) is 1. The maximum atomic E-state index is 12.1. The first-order chi connectivity index (χ1) is 7.89. The number of primary sulfonamides is 1. The van der Waals surface area contributed by atoms with Crippen molar-refractivity contribution in [2.24, 2.45) is 5.14 Å². The molecule has 2 N–H and O–H groups in total. The molecule has 0 fully saturated rings. The second-order valence-electron chi connectivity index (χ2n) is 3.25. The largest absolute Gasteiger partial charge is 0.405 e. The van der Waals surface area contributed by atoms with Crippen LogP contribution in [0.15, 0.2) is 35.4 Å². The van der Waals surface area contributed by atoms with Crippen LogP contribution in [0, 0.1) is 0 Å². The molecule has 0 aliphatic carbocycles. The molecule has 2 aromatic rings. The van der Waals surface area contributed by atoms with Gasteiger partial charge in [0.05, 0.1) is 11.7 Å². The van der Waals surface area contributed by atoms with Crippen molar-refractivity contribution in [3.8, 4) is 0 Å². The summed E-state index contributed by atoms with van der Waals surface area (Å²) < 4.78 is 47.5. The molecule has 0 aliphatic heterocycles. The van der Waals surface area contributed by atoms with Gasteiger partial charge < -0.3 is 4.84 Å². The topological polar surface area (TPSA) is 74.3 Å². The number of benzene rings is 1. The summed E-state index contributed by atoms with van der Waals surface area (Å²) in [5, 5.41) is 5.21. The standard InChI is InChI=1S/C9H8F2N2O3S/c10-9(11)16-13-5-8(17(12,14)15)6-3-1-2-4-7(6)13/h1-5,9H,(H2,12,14,15). The number of fused-ring (bicyclic) bond motifs is 1. The average molecular weight is 262 g/mol. The summed E-state index contributed by atoms with van der Waals surface area (Å²) in [6.45, 7) is -3.06. The zero-order valence-electron chi connectivity index (χ0n) is 8.38. The summed E-state index contributed by atoms with van der Waals surface area (Å²) in [7, 11) is -3.99. The van der Waals surface area contributed by atoms with Crippen LogP contribution in [0.3, 0.4) is 0 Å². The minimum Gasteiger partial charge on any atom is -0.344 e. The van der Waals surface area contributed by atoms with Gasteiger partial charge >= 0.3 is 6.61 Å². The highest BCUT2D eigenvalue weighted by Crippen LogP contribution is 2.23. The van der Waals surface area contributed by atoms with Gasteiger partial charge in [-0.1, -0.05) is 18.2 Å². The van der Waals surface area contributed by atoms with Crippen LogP contribution in [0.2, 0.25) is 0 Å². The van der Waals surface area contributed by atoms with Gasteiger partial charge in [-0.2, -0.15) is 13.5 Å². The van der Waals surface area contributed by atoms with Crippen LogP contribution in [0.4, 0.5) is 8.78 Å². The monoisotopic (exact) mass is 262 g/mol. The molecule has 0 bridgehead atoms. The molecule has 0 atom stereocenters. The highest BCUT2D eigenvalue weighted by atomic mass is 32.2. The Morgan fingerprint density at radius 2 is 1.94 bits per heavy atom. The van der Waals surface area contributed by atoms with E-state index in [0.29, 0.717) is 4.73 Å². The average Bonchev–Trinajstić information content (AvgIpc) is 2.56. The maximum Gasteiger partial charge on any atom is 0.405 e. The highest BCUT2D eigenvalue weighted by Gasteiger charge is 2.19. The summed E-state index contributed by atoms with van der Waals surface area (Å²) in [6.07, 6.45) is 0.923. The third-order valence-electron chi connectivity index (χ3n) is 2.14. The van der Waals surface area contributed by atoms with E-state index in [0.717, 1.165) is 6.20 Å². The van der Waals surface area contributed by atoms with Gasteiger partial charge in [0.25, 0.3) is 0 Å². The first-order valence-corrected chi connectivity index (χ1v) is 6.02. The van der Waals surface area contributed by atoms with Gasteiger partial charge in [0.15, 0.2) is 0 Å².